The van der Waals surface area contributed by atoms with E-state index in [9.17, 15) is 5.21 Å². The van der Waals surface area contributed by atoms with Crippen molar-refractivity contribution in [1.82, 2.24) is 9.55 Å². The van der Waals surface area contributed by atoms with Gasteiger partial charge in [0.25, 0.3) is 0 Å². The van der Waals surface area contributed by atoms with Gasteiger partial charge in [-0.15, -0.1) is 0 Å². The molecule has 0 bridgehead atoms. The molecule has 2 aromatic carbocycles. The summed E-state index contributed by atoms with van der Waals surface area (Å²) < 4.78 is -0.218. The Morgan fingerprint density at radius 2 is 1.67 bits per heavy atom. The Balaban J connectivity index is 1.80. The van der Waals surface area contributed by atoms with Gasteiger partial charge >= 0.3 is 0 Å². The molecule has 0 amide bonds. The molecule has 110 valence electrons. The average Bonchev–Trinajstić information content (AvgIpc) is 2.86. The number of hydroxylamine groups is 2. The summed E-state index contributed by atoms with van der Waals surface area (Å²) in [6, 6.07) is 20.3. The van der Waals surface area contributed by atoms with Gasteiger partial charge in [0.15, 0.2) is 0 Å². The predicted octanol–water partition coefficient (Wildman–Crippen LogP) is 3.74. The Kier molecular flexibility index (Phi) is 4.06. The van der Waals surface area contributed by atoms with E-state index in [2.05, 4.69) is 36.1 Å². The first kappa shape index (κ1) is 14.3. The number of quaternary nitrogens is 1. The van der Waals surface area contributed by atoms with Gasteiger partial charge in [-0.2, -0.15) is 0 Å². The van der Waals surface area contributed by atoms with Crippen LogP contribution in [-0.4, -0.2) is 24.2 Å². The summed E-state index contributed by atoms with van der Waals surface area (Å²) in [6.07, 6.45) is 0.906. The third-order valence-corrected chi connectivity index (χ3v) is 4.38. The zero-order valence-corrected chi connectivity index (χ0v) is 12.5. The van der Waals surface area contributed by atoms with Gasteiger partial charge in [-0.1, -0.05) is 55.5 Å². The largest absolute Gasteiger partial charge is 0.626 e. The summed E-state index contributed by atoms with van der Waals surface area (Å²) in [6.45, 7) is 4.37. The van der Waals surface area contributed by atoms with Crippen molar-refractivity contribution >= 4 is 5.69 Å². The van der Waals surface area contributed by atoms with Crippen molar-refractivity contribution in [3.63, 3.8) is 0 Å². The molecule has 0 saturated carbocycles. The number of hydrogen-bond donors (Lipinski definition) is 0. The molecule has 3 rings (SSSR count). The highest BCUT2D eigenvalue weighted by molar-refractivity contribution is 5.45. The molecule has 2 aromatic rings. The molecule has 2 atom stereocenters. The summed E-state index contributed by atoms with van der Waals surface area (Å²) >= 11 is 0. The van der Waals surface area contributed by atoms with E-state index < -0.39 is 0 Å². The molecule has 1 aliphatic rings. The van der Waals surface area contributed by atoms with Crippen LogP contribution in [0.15, 0.2) is 60.7 Å². The lowest BCUT2D eigenvalue weighted by Gasteiger charge is -2.42. The summed E-state index contributed by atoms with van der Waals surface area (Å²) in [5.74, 6) is 0. The molecule has 0 N–H and O–H groups in total. The smallest absolute Gasteiger partial charge is 0.140 e. The van der Waals surface area contributed by atoms with Crippen molar-refractivity contribution in [3.8, 4) is 0 Å². The first-order valence-corrected chi connectivity index (χ1v) is 7.63. The number of nitrogens with zero attached hydrogens (tertiary/aromatic N) is 2. The fraction of sp³-hybridized carbons (Fsp3) is 0.333. The van der Waals surface area contributed by atoms with Crippen LogP contribution in [0.5, 0.6) is 0 Å². The molecule has 1 heterocycles. The highest BCUT2D eigenvalue weighted by atomic mass is 16.6. The third kappa shape index (κ3) is 2.86. The van der Waals surface area contributed by atoms with E-state index in [4.69, 9.17) is 0 Å². The average molecular weight is 282 g/mol. The lowest BCUT2D eigenvalue weighted by Crippen LogP contribution is -2.48. The third-order valence-electron chi connectivity index (χ3n) is 4.38. The molecule has 21 heavy (non-hydrogen) atoms. The first-order chi connectivity index (χ1) is 10.2. The van der Waals surface area contributed by atoms with Crippen molar-refractivity contribution in [2.24, 2.45) is 0 Å². The maximum atomic E-state index is 13.4. The summed E-state index contributed by atoms with van der Waals surface area (Å²) in [5, 5.41) is 13.4. The Hall–Kier alpha value is -1.68. The predicted molar refractivity (Wildman–Crippen MR) is 87.4 cm³/mol. The van der Waals surface area contributed by atoms with Gasteiger partial charge in [0, 0.05) is 6.54 Å². The molecule has 3 nitrogen and oxygen atoms in total. The van der Waals surface area contributed by atoms with Crippen LogP contribution in [0.4, 0.5) is 5.69 Å². The normalized spacial score (nSPS) is 26.1. The number of hydrogen-bond acceptors (Lipinski definition) is 2. The molecule has 1 saturated heterocycles. The van der Waals surface area contributed by atoms with E-state index in [1.807, 2.05) is 36.4 Å². The molecular formula is C18H22N2O. The van der Waals surface area contributed by atoms with Crippen LogP contribution >= 0.6 is 0 Å². The van der Waals surface area contributed by atoms with E-state index in [0.29, 0.717) is 6.67 Å². The fourth-order valence-electron chi connectivity index (χ4n) is 3.25. The Morgan fingerprint density at radius 3 is 2.29 bits per heavy atom. The standard InChI is InChI=1S/C18H22N2O/c1-2-17-14-19(13-16-9-5-3-6-10-16)15-20(17,21)18-11-7-4-8-12-18/h3-12,17H,2,13-15H2,1H3. The maximum Gasteiger partial charge on any atom is 0.140 e. The molecule has 1 fully saturated rings. The van der Waals surface area contributed by atoms with Gasteiger partial charge < -0.3 is 9.85 Å². The monoisotopic (exact) mass is 282 g/mol. The van der Waals surface area contributed by atoms with E-state index in [1.165, 1.54) is 5.56 Å². The highest BCUT2D eigenvalue weighted by Gasteiger charge is 2.39. The maximum absolute atomic E-state index is 13.4. The van der Waals surface area contributed by atoms with Crippen LogP contribution in [0.1, 0.15) is 18.9 Å². The molecule has 0 radical (unpaired) electrons. The SMILES string of the molecule is CCC1CN(Cc2ccccc2)C[N+]1([O-])c1ccccc1. The topological polar surface area (TPSA) is 26.3 Å². The van der Waals surface area contributed by atoms with Crippen molar-refractivity contribution in [1.29, 1.82) is 0 Å². The Morgan fingerprint density at radius 1 is 1.05 bits per heavy atom. The van der Waals surface area contributed by atoms with Gasteiger partial charge in [0.1, 0.15) is 18.4 Å². The zero-order valence-electron chi connectivity index (χ0n) is 12.5. The fourth-order valence-corrected chi connectivity index (χ4v) is 3.25. The van der Waals surface area contributed by atoms with Gasteiger partial charge in [-0.25, -0.2) is 4.90 Å². The molecule has 0 spiro atoms. The van der Waals surface area contributed by atoms with Gasteiger partial charge in [0.05, 0.1) is 6.54 Å². The van der Waals surface area contributed by atoms with Gasteiger partial charge in [-0.3, -0.25) is 0 Å². The second-order valence-electron chi connectivity index (χ2n) is 5.83. The molecule has 3 heteroatoms. The van der Waals surface area contributed by atoms with Crippen molar-refractivity contribution in [2.45, 2.75) is 25.9 Å². The van der Waals surface area contributed by atoms with E-state index in [1.54, 1.807) is 0 Å². The summed E-state index contributed by atoms with van der Waals surface area (Å²) in [5.41, 5.74) is 2.15. The van der Waals surface area contributed by atoms with Gasteiger partial charge in [-0.05, 0) is 24.1 Å². The van der Waals surface area contributed by atoms with Crippen LogP contribution in [0, 0.1) is 5.21 Å². The minimum absolute atomic E-state index is 0.121. The number of benzene rings is 2. The molecular weight excluding hydrogens is 260 g/mol. The van der Waals surface area contributed by atoms with Crippen LogP contribution in [0.2, 0.25) is 0 Å². The van der Waals surface area contributed by atoms with E-state index >= 15 is 0 Å². The second kappa shape index (κ2) is 5.98. The summed E-state index contributed by atoms with van der Waals surface area (Å²) in [4.78, 5) is 2.28. The lowest BCUT2D eigenvalue weighted by molar-refractivity contribution is 0.275. The van der Waals surface area contributed by atoms with Crippen LogP contribution in [0.3, 0.4) is 0 Å². The van der Waals surface area contributed by atoms with Crippen molar-refractivity contribution < 1.29 is 0 Å². The number of para-hydroxylation sites is 1. The molecule has 2 unspecified atom stereocenters. The van der Waals surface area contributed by atoms with Crippen molar-refractivity contribution in [2.75, 3.05) is 13.2 Å². The molecule has 1 aliphatic heterocycles. The van der Waals surface area contributed by atoms with E-state index in [0.717, 1.165) is 25.2 Å². The quantitative estimate of drug-likeness (QED) is 0.630. The minimum Gasteiger partial charge on any atom is -0.626 e. The van der Waals surface area contributed by atoms with Crippen LogP contribution in [0.25, 0.3) is 0 Å². The Bertz CT molecular complexity index is 572. The van der Waals surface area contributed by atoms with Crippen LogP contribution < -0.4 is 4.65 Å². The molecule has 0 aliphatic carbocycles. The lowest BCUT2D eigenvalue weighted by atomic mass is 10.1. The van der Waals surface area contributed by atoms with E-state index in [-0.39, 0.29) is 10.7 Å². The number of rotatable bonds is 4. The van der Waals surface area contributed by atoms with Crippen molar-refractivity contribution in [3.05, 3.63) is 71.4 Å². The van der Waals surface area contributed by atoms with Gasteiger partial charge in [0.2, 0.25) is 0 Å². The zero-order chi connectivity index (χ0) is 14.7. The second-order valence-corrected chi connectivity index (χ2v) is 5.83. The Labute approximate surface area is 126 Å². The molecule has 0 aromatic heterocycles. The highest BCUT2D eigenvalue weighted by Crippen LogP contribution is 2.32. The summed E-state index contributed by atoms with van der Waals surface area (Å²) in [7, 11) is 0. The minimum atomic E-state index is -0.218. The first-order valence-electron chi connectivity index (χ1n) is 7.63. The van der Waals surface area contributed by atoms with Crippen LogP contribution in [-0.2, 0) is 6.54 Å².